The van der Waals surface area contributed by atoms with E-state index in [0.29, 0.717) is 12.3 Å². The van der Waals surface area contributed by atoms with Gasteiger partial charge in [0.2, 0.25) is 10.0 Å². The fraction of sp³-hybridized carbons (Fsp3) is 0.353. The molecule has 1 saturated carbocycles. The maximum absolute atomic E-state index is 13.2. The molecule has 0 saturated heterocycles. The summed E-state index contributed by atoms with van der Waals surface area (Å²) in [6.07, 6.45) is 5.11. The lowest BCUT2D eigenvalue weighted by Crippen LogP contribution is -2.33. The van der Waals surface area contributed by atoms with E-state index in [1.54, 1.807) is 30.6 Å². The Balaban J connectivity index is 1.98. The molecule has 0 bridgehead atoms. The number of sulfonamides is 1. The third kappa shape index (κ3) is 3.37. The number of methoxy groups -OCH3 is 2. The normalized spacial score (nSPS) is 14.6. The summed E-state index contributed by atoms with van der Waals surface area (Å²) in [5.41, 5.74) is 0.862. The molecular weight excluding hydrogens is 328 g/mol. The molecule has 1 fully saturated rings. The quantitative estimate of drug-likeness (QED) is 0.769. The number of aromatic nitrogens is 1. The lowest BCUT2D eigenvalue weighted by atomic mass is 10.3. The third-order valence-corrected chi connectivity index (χ3v) is 5.91. The fourth-order valence-electron chi connectivity index (χ4n) is 2.56. The van der Waals surface area contributed by atoms with Crippen LogP contribution in [-0.2, 0) is 16.6 Å². The van der Waals surface area contributed by atoms with Crippen LogP contribution in [0, 0.1) is 0 Å². The van der Waals surface area contributed by atoms with Crippen molar-refractivity contribution >= 4 is 10.0 Å². The molecule has 1 aromatic heterocycles. The van der Waals surface area contributed by atoms with Gasteiger partial charge in [-0.05, 0) is 36.6 Å². The van der Waals surface area contributed by atoms with Crippen molar-refractivity contribution in [1.82, 2.24) is 9.29 Å². The number of rotatable bonds is 7. The van der Waals surface area contributed by atoms with Gasteiger partial charge in [0.1, 0.15) is 16.4 Å². The summed E-state index contributed by atoms with van der Waals surface area (Å²) in [7, 11) is -0.694. The van der Waals surface area contributed by atoms with E-state index >= 15 is 0 Å². The van der Waals surface area contributed by atoms with Crippen LogP contribution < -0.4 is 9.47 Å². The van der Waals surface area contributed by atoms with Gasteiger partial charge in [-0.3, -0.25) is 4.98 Å². The topological polar surface area (TPSA) is 68.7 Å². The molecule has 0 atom stereocenters. The molecule has 1 aliphatic rings. The van der Waals surface area contributed by atoms with Crippen molar-refractivity contribution in [3.05, 3.63) is 48.3 Å². The van der Waals surface area contributed by atoms with Crippen LogP contribution in [0.5, 0.6) is 11.5 Å². The molecule has 0 amide bonds. The average Bonchev–Trinajstić information content (AvgIpc) is 3.44. The summed E-state index contributed by atoms with van der Waals surface area (Å²) in [6, 6.07) is 8.46. The molecule has 1 aliphatic carbocycles. The minimum absolute atomic E-state index is 0.0296. The molecule has 1 heterocycles. The van der Waals surface area contributed by atoms with Gasteiger partial charge < -0.3 is 9.47 Å². The highest BCUT2D eigenvalue weighted by atomic mass is 32.2. The molecular formula is C17H20N2O4S. The predicted octanol–water partition coefficient (Wildman–Crippen LogP) is 2.45. The third-order valence-electron chi connectivity index (χ3n) is 3.97. The minimum Gasteiger partial charge on any atom is -0.497 e. The SMILES string of the molecule is COc1ccc(S(=O)(=O)N(Cc2cccnc2)C2CC2)c(OC)c1. The second-order valence-corrected chi connectivity index (χ2v) is 7.52. The number of pyridine rings is 1. The molecule has 1 aromatic carbocycles. The van der Waals surface area contributed by atoms with Crippen molar-refractivity contribution in [2.45, 2.75) is 30.3 Å². The van der Waals surface area contributed by atoms with E-state index in [4.69, 9.17) is 9.47 Å². The maximum Gasteiger partial charge on any atom is 0.247 e. The minimum atomic E-state index is -3.68. The van der Waals surface area contributed by atoms with E-state index in [1.807, 2.05) is 6.07 Å². The summed E-state index contributed by atoms with van der Waals surface area (Å²) < 4.78 is 38.3. The van der Waals surface area contributed by atoms with Crippen molar-refractivity contribution in [2.24, 2.45) is 0 Å². The van der Waals surface area contributed by atoms with Crippen LogP contribution in [0.1, 0.15) is 18.4 Å². The molecule has 0 N–H and O–H groups in total. The highest BCUT2D eigenvalue weighted by Crippen LogP contribution is 2.37. The summed E-state index contributed by atoms with van der Waals surface area (Å²) in [6.45, 7) is 0.302. The standard InChI is InChI=1S/C17H20N2O4S/c1-22-15-7-8-17(16(10-15)23-2)24(20,21)19(14-5-6-14)12-13-4-3-9-18-11-13/h3-4,7-11,14H,5-6,12H2,1-2H3. The van der Waals surface area contributed by atoms with Gasteiger partial charge in [-0.1, -0.05) is 6.07 Å². The van der Waals surface area contributed by atoms with Gasteiger partial charge in [0.05, 0.1) is 14.2 Å². The van der Waals surface area contributed by atoms with Crippen LogP contribution in [0.4, 0.5) is 0 Å². The highest BCUT2D eigenvalue weighted by Gasteiger charge is 2.39. The molecule has 128 valence electrons. The first-order valence-electron chi connectivity index (χ1n) is 7.69. The molecule has 3 rings (SSSR count). The smallest absolute Gasteiger partial charge is 0.247 e. The Morgan fingerprint density at radius 2 is 2.00 bits per heavy atom. The summed E-state index contributed by atoms with van der Waals surface area (Å²) in [5, 5.41) is 0. The zero-order valence-corrected chi connectivity index (χ0v) is 14.5. The van der Waals surface area contributed by atoms with Crippen LogP contribution in [0.25, 0.3) is 0 Å². The number of ether oxygens (including phenoxy) is 2. The number of nitrogens with zero attached hydrogens (tertiary/aromatic N) is 2. The molecule has 0 aliphatic heterocycles. The van der Waals surface area contributed by atoms with Crippen LogP contribution in [0.2, 0.25) is 0 Å². The molecule has 7 heteroatoms. The number of hydrogen-bond donors (Lipinski definition) is 0. The highest BCUT2D eigenvalue weighted by molar-refractivity contribution is 7.89. The second-order valence-electron chi connectivity index (χ2n) is 5.66. The maximum atomic E-state index is 13.2. The second kappa shape index (κ2) is 6.78. The van der Waals surface area contributed by atoms with Crippen molar-refractivity contribution in [1.29, 1.82) is 0 Å². The molecule has 2 aromatic rings. The van der Waals surface area contributed by atoms with Gasteiger partial charge in [-0.15, -0.1) is 0 Å². The van der Waals surface area contributed by atoms with Crippen molar-refractivity contribution < 1.29 is 17.9 Å². The van der Waals surface area contributed by atoms with Gasteiger partial charge >= 0.3 is 0 Å². The van der Waals surface area contributed by atoms with E-state index in [2.05, 4.69) is 4.98 Å². The van der Waals surface area contributed by atoms with Crippen LogP contribution in [-0.4, -0.2) is 38.0 Å². The van der Waals surface area contributed by atoms with Gasteiger partial charge in [0, 0.05) is 31.0 Å². The Labute approximate surface area is 142 Å². The van der Waals surface area contributed by atoms with Gasteiger partial charge in [0.25, 0.3) is 0 Å². The molecule has 0 spiro atoms. The van der Waals surface area contributed by atoms with Crippen molar-refractivity contribution in [3.63, 3.8) is 0 Å². The van der Waals surface area contributed by atoms with Gasteiger partial charge in [-0.25, -0.2) is 8.42 Å². The van der Waals surface area contributed by atoms with Crippen LogP contribution in [0.15, 0.2) is 47.6 Å². The Morgan fingerprint density at radius 3 is 2.58 bits per heavy atom. The van der Waals surface area contributed by atoms with Crippen molar-refractivity contribution in [3.8, 4) is 11.5 Å². The van der Waals surface area contributed by atoms with Gasteiger partial charge in [0.15, 0.2) is 0 Å². The zero-order chi connectivity index (χ0) is 17.2. The zero-order valence-electron chi connectivity index (χ0n) is 13.7. The number of hydrogen-bond acceptors (Lipinski definition) is 5. The number of benzene rings is 1. The van der Waals surface area contributed by atoms with E-state index in [9.17, 15) is 8.42 Å². The first kappa shape index (κ1) is 16.7. The van der Waals surface area contributed by atoms with Gasteiger partial charge in [-0.2, -0.15) is 4.31 Å². The average molecular weight is 348 g/mol. The summed E-state index contributed by atoms with van der Waals surface area (Å²) >= 11 is 0. The Kier molecular flexibility index (Phi) is 4.73. The Hall–Kier alpha value is -2.12. The van der Waals surface area contributed by atoms with Crippen molar-refractivity contribution in [2.75, 3.05) is 14.2 Å². The van der Waals surface area contributed by atoms with E-state index in [0.717, 1.165) is 18.4 Å². The predicted molar refractivity (Wildman–Crippen MR) is 89.5 cm³/mol. The first-order chi connectivity index (χ1) is 11.6. The molecule has 0 unspecified atom stereocenters. The summed E-state index contributed by atoms with van der Waals surface area (Å²) in [4.78, 5) is 4.22. The first-order valence-corrected chi connectivity index (χ1v) is 9.13. The Morgan fingerprint density at radius 1 is 1.21 bits per heavy atom. The molecule has 6 nitrogen and oxygen atoms in total. The van der Waals surface area contributed by atoms with Crippen LogP contribution in [0.3, 0.4) is 0 Å². The monoisotopic (exact) mass is 348 g/mol. The Bertz CT molecular complexity index is 805. The molecule has 0 radical (unpaired) electrons. The van der Waals surface area contributed by atoms with E-state index in [1.165, 1.54) is 24.6 Å². The fourth-order valence-corrected chi connectivity index (χ4v) is 4.37. The summed E-state index contributed by atoms with van der Waals surface area (Å²) in [5.74, 6) is 0.835. The molecule has 24 heavy (non-hydrogen) atoms. The largest absolute Gasteiger partial charge is 0.497 e. The van der Waals surface area contributed by atoms with E-state index < -0.39 is 10.0 Å². The van der Waals surface area contributed by atoms with E-state index in [-0.39, 0.29) is 16.7 Å². The lowest BCUT2D eigenvalue weighted by molar-refractivity contribution is 0.374. The van der Waals surface area contributed by atoms with Crippen LogP contribution >= 0.6 is 0 Å². The lowest BCUT2D eigenvalue weighted by Gasteiger charge is -2.23.